The van der Waals surface area contributed by atoms with Crippen molar-refractivity contribution < 1.29 is 22.3 Å². The van der Waals surface area contributed by atoms with Crippen LogP contribution >= 0.6 is 34.8 Å². The van der Waals surface area contributed by atoms with Crippen LogP contribution in [0.25, 0.3) is 0 Å². The number of rotatable bonds is 13. The minimum Gasteiger partial charge on any atom is -0.370 e. The zero-order valence-electron chi connectivity index (χ0n) is 23.0. The van der Waals surface area contributed by atoms with E-state index in [1.165, 1.54) is 31.3 Å². The Labute approximate surface area is 252 Å². The van der Waals surface area contributed by atoms with Crippen molar-refractivity contribution in [2.45, 2.75) is 43.0 Å². The van der Waals surface area contributed by atoms with Crippen LogP contribution in [0, 0.1) is 17.7 Å². The zero-order valence-corrected chi connectivity index (χ0v) is 26.1. The highest BCUT2D eigenvalue weighted by atomic mass is 35.5. The van der Waals surface area contributed by atoms with E-state index in [2.05, 4.69) is 24.3 Å². The molecule has 1 aliphatic carbocycles. The summed E-state index contributed by atoms with van der Waals surface area (Å²) in [5.74, 6) is 0.585. The Balaban J connectivity index is 1.35. The Morgan fingerprint density at radius 3 is 2.23 bits per heavy atom. The first kappa shape index (κ1) is 33.0. The molecule has 1 amide bonds. The van der Waals surface area contributed by atoms with Gasteiger partial charge in [0.1, 0.15) is 17.3 Å². The normalized spacial score (nSPS) is 18.7. The second-order valence-corrected chi connectivity index (χ2v) is 13.7. The van der Waals surface area contributed by atoms with Crippen molar-refractivity contribution in [3.8, 4) is 0 Å². The summed E-state index contributed by atoms with van der Waals surface area (Å²) in [7, 11) is 1.56. The molecule has 0 aliphatic heterocycles. The molecular weight excluding hydrogens is 600 g/mol. The van der Waals surface area contributed by atoms with Crippen LogP contribution in [-0.4, -0.2) is 71.0 Å². The van der Waals surface area contributed by atoms with Gasteiger partial charge in [0.2, 0.25) is 15.9 Å². The average molecular weight is 637 g/mol. The molecule has 7 nitrogen and oxygen atoms in total. The number of halogens is 4. The van der Waals surface area contributed by atoms with E-state index in [1.807, 2.05) is 12.1 Å². The molecule has 0 bridgehead atoms. The fraction of sp³-hybridized carbons (Fsp3) is 0.536. The van der Waals surface area contributed by atoms with Crippen molar-refractivity contribution in [3.05, 3.63) is 62.8 Å². The van der Waals surface area contributed by atoms with Crippen LogP contribution in [0.3, 0.4) is 0 Å². The monoisotopic (exact) mass is 635 g/mol. The van der Waals surface area contributed by atoms with Crippen LogP contribution in [0.5, 0.6) is 0 Å². The number of carbonyl (C=O) groups is 1. The molecule has 0 radical (unpaired) electrons. The number of hydrogen-bond donors (Lipinski definition) is 1. The van der Waals surface area contributed by atoms with Gasteiger partial charge in [-0.25, -0.2) is 12.8 Å². The maximum atomic E-state index is 13.4. The van der Waals surface area contributed by atoms with Crippen molar-refractivity contribution >= 4 is 50.7 Å². The Morgan fingerprint density at radius 2 is 1.65 bits per heavy atom. The summed E-state index contributed by atoms with van der Waals surface area (Å²) < 4.78 is 45.5. The number of likely N-dealkylation sites (N-methyl/N-ethyl adjacent to an activating group) is 1. The molecule has 0 heterocycles. The van der Waals surface area contributed by atoms with Crippen LogP contribution in [0.4, 0.5) is 4.39 Å². The van der Waals surface area contributed by atoms with Gasteiger partial charge in [0, 0.05) is 31.2 Å². The fourth-order valence-corrected chi connectivity index (χ4v) is 7.96. The van der Waals surface area contributed by atoms with Crippen molar-refractivity contribution in [1.29, 1.82) is 0 Å². The molecule has 2 aromatic rings. The third-order valence-electron chi connectivity index (χ3n) is 7.40. The van der Waals surface area contributed by atoms with Crippen molar-refractivity contribution in [2.75, 3.05) is 47.4 Å². The topological polar surface area (TPSA) is 79.0 Å². The summed E-state index contributed by atoms with van der Waals surface area (Å²) in [5.41, 5.74) is 1.14. The summed E-state index contributed by atoms with van der Waals surface area (Å²) in [6.07, 6.45) is 5.25. The van der Waals surface area contributed by atoms with Gasteiger partial charge in [0.05, 0.1) is 16.7 Å². The summed E-state index contributed by atoms with van der Waals surface area (Å²) in [6.45, 7) is 0.441. The lowest BCUT2D eigenvalue weighted by atomic mass is 9.75. The van der Waals surface area contributed by atoms with E-state index in [0.29, 0.717) is 18.4 Å². The van der Waals surface area contributed by atoms with Gasteiger partial charge in [0.25, 0.3) is 0 Å². The highest BCUT2D eigenvalue weighted by Crippen LogP contribution is 2.40. The molecule has 0 aromatic heterocycles. The van der Waals surface area contributed by atoms with E-state index in [-0.39, 0.29) is 57.5 Å². The quantitative estimate of drug-likeness (QED) is 0.271. The van der Waals surface area contributed by atoms with Gasteiger partial charge in [-0.05, 0) is 75.0 Å². The smallest absolute Gasteiger partial charge is 0.245 e. The summed E-state index contributed by atoms with van der Waals surface area (Å²) in [5, 5.41) is 2.99. The number of ether oxygens (including phenoxy) is 1. The van der Waals surface area contributed by atoms with E-state index < -0.39 is 10.0 Å². The maximum Gasteiger partial charge on any atom is 0.245 e. The largest absolute Gasteiger partial charge is 0.370 e. The SMILES string of the molecule is CN(C)C(c1ccc(F)cc1)C1CCC(CCNC(=O)COCCN(C)S(=O)(=O)c2c(Cl)cc(Cl)cc2Cl)CC1. The molecule has 222 valence electrons. The first-order valence-corrected chi connectivity index (χ1v) is 15.8. The van der Waals surface area contributed by atoms with E-state index in [9.17, 15) is 17.6 Å². The number of amides is 1. The summed E-state index contributed by atoms with van der Waals surface area (Å²) >= 11 is 18.0. The molecule has 1 N–H and O–H groups in total. The zero-order chi connectivity index (χ0) is 29.4. The van der Waals surface area contributed by atoms with E-state index in [0.717, 1.165) is 42.0 Å². The first-order valence-electron chi connectivity index (χ1n) is 13.3. The molecule has 2 aromatic carbocycles. The lowest BCUT2D eigenvalue weighted by Gasteiger charge is -2.37. The summed E-state index contributed by atoms with van der Waals surface area (Å²) in [4.78, 5) is 14.2. The minimum absolute atomic E-state index is 0.0139. The number of sulfonamides is 1. The molecule has 1 atom stereocenters. The average Bonchev–Trinajstić information content (AvgIpc) is 2.87. The van der Waals surface area contributed by atoms with Crippen LogP contribution in [0.1, 0.15) is 43.7 Å². The second-order valence-electron chi connectivity index (χ2n) is 10.5. The Bertz CT molecular complexity index is 1220. The minimum atomic E-state index is -3.96. The third-order valence-corrected chi connectivity index (χ3v) is 10.4. The van der Waals surface area contributed by atoms with Crippen LogP contribution in [-0.2, 0) is 19.6 Å². The molecule has 0 spiro atoms. The van der Waals surface area contributed by atoms with Gasteiger partial charge in [-0.1, -0.05) is 59.8 Å². The summed E-state index contributed by atoms with van der Waals surface area (Å²) in [6, 6.07) is 9.70. The van der Waals surface area contributed by atoms with Crippen LogP contribution in [0.2, 0.25) is 15.1 Å². The van der Waals surface area contributed by atoms with E-state index >= 15 is 0 Å². The lowest BCUT2D eigenvalue weighted by Crippen LogP contribution is -2.34. The molecule has 1 saturated carbocycles. The van der Waals surface area contributed by atoms with Crippen LogP contribution < -0.4 is 5.32 Å². The van der Waals surface area contributed by atoms with E-state index in [1.54, 1.807) is 0 Å². The predicted molar refractivity (Wildman–Crippen MR) is 158 cm³/mol. The van der Waals surface area contributed by atoms with Crippen LogP contribution in [0.15, 0.2) is 41.3 Å². The lowest BCUT2D eigenvalue weighted by molar-refractivity contribution is -0.125. The van der Waals surface area contributed by atoms with Crippen molar-refractivity contribution in [1.82, 2.24) is 14.5 Å². The van der Waals surface area contributed by atoms with E-state index in [4.69, 9.17) is 39.5 Å². The van der Waals surface area contributed by atoms with Gasteiger partial charge < -0.3 is 15.0 Å². The van der Waals surface area contributed by atoms with Crippen molar-refractivity contribution in [2.24, 2.45) is 11.8 Å². The Kier molecular flexibility index (Phi) is 12.5. The van der Waals surface area contributed by atoms with Gasteiger partial charge in [0.15, 0.2) is 0 Å². The highest BCUT2D eigenvalue weighted by molar-refractivity contribution is 7.89. The molecular formula is C28H37Cl3FN3O4S. The number of nitrogens with zero attached hydrogens (tertiary/aromatic N) is 2. The highest BCUT2D eigenvalue weighted by Gasteiger charge is 2.30. The van der Waals surface area contributed by atoms with Gasteiger partial charge >= 0.3 is 0 Å². The number of carbonyl (C=O) groups excluding carboxylic acids is 1. The first-order chi connectivity index (χ1) is 18.9. The van der Waals surface area contributed by atoms with Crippen molar-refractivity contribution in [3.63, 3.8) is 0 Å². The second kappa shape index (κ2) is 15.1. The molecule has 12 heteroatoms. The fourth-order valence-electron chi connectivity index (χ4n) is 5.32. The molecule has 1 fully saturated rings. The van der Waals surface area contributed by atoms with Gasteiger partial charge in [-0.2, -0.15) is 4.31 Å². The number of benzene rings is 2. The molecule has 1 aliphatic rings. The molecule has 1 unspecified atom stereocenters. The maximum absolute atomic E-state index is 13.4. The molecule has 40 heavy (non-hydrogen) atoms. The number of nitrogens with one attached hydrogen (secondary N) is 1. The predicted octanol–water partition coefficient (Wildman–Crippen LogP) is 6.04. The van der Waals surface area contributed by atoms with Gasteiger partial charge in [-0.3, -0.25) is 4.79 Å². The molecule has 3 rings (SSSR count). The Morgan fingerprint density at radius 1 is 1.05 bits per heavy atom. The molecule has 0 saturated heterocycles. The Hall–Kier alpha value is -1.46. The van der Waals surface area contributed by atoms with Gasteiger partial charge in [-0.15, -0.1) is 0 Å². The number of hydrogen-bond acceptors (Lipinski definition) is 5. The third kappa shape index (κ3) is 9.02. The standard InChI is InChI=1S/C28H37Cl3FN3O4S/c1-34(2)27(21-8-10-23(32)11-9-21)20-6-4-19(5-7-20)12-13-33-26(36)18-39-15-14-35(3)40(37,38)28-24(30)16-22(29)17-25(28)31/h8-11,16-17,19-20,27H,4-7,12-15,18H2,1-3H3,(H,33,36).